The first kappa shape index (κ1) is 15.5. The number of hydrogen-bond acceptors (Lipinski definition) is 2. The number of halogens is 1. The second kappa shape index (κ2) is 6.23. The second-order valence-electron chi connectivity index (χ2n) is 6.34. The summed E-state index contributed by atoms with van der Waals surface area (Å²) in [6, 6.07) is 5.01. The molecule has 2 nitrogen and oxygen atoms in total. The Kier molecular flexibility index (Phi) is 4.82. The van der Waals surface area contributed by atoms with E-state index < -0.39 is 6.10 Å². The predicted molar refractivity (Wildman–Crippen MR) is 80.2 cm³/mol. The van der Waals surface area contributed by atoms with Crippen LogP contribution in [0.4, 0.5) is 4.39 Å². The van der Waals surface area contributed by atoms with Crippen molar-refractivity contribution in [3.8, 4) is 0 Å². The summed E-state index contributed by atoms with van der Waals surface area (Å²) in [7, 11) is 4.00. The third-order valence-electron chi connectivity index (χ3n) is 4.82. The zero-order chi connectivity index (χ0) is 14.8. The third-order valence-corrected chi connectivity index (χ3v) is 4.82. The highest BCUT2D eigenvalue weighted by Crippen LogP contribution is 2.41. The van der Waals surface area contributed by atoms with Crippen molar-refractivity contribution < 1.29 is 9.50 Å². The molecule has 0 aliphatic heterocycles. The number of likely N-dealkylation sites (N-methyl/N-ethyl adjacent to an activating group) is 1. The maximum Gasteiger partial charge on any atom is 0.129 e. The molecule has 2 rings (SSSR count). The molecule has 1 aliphatic carbocycles. The van der Waals surface area contributed by atoms with Gasteiger partial charge >= 0.3 is 0 Å². The smallest absolute Gasteiger partial charge is 0.129 e. The quantitative estimate of drug-likeness (QED) is 0.850. The molecule has 0 amide bonds. The van der Waals surface area contributed by atoms with Crippen LogP contribution in [0.25, 0.3) is 0 Å². The van der Waals surface area contributed by atoms with Crippen LogP contribution in [0.3, 0.4) is 0 Å². The summed E-state index contributed by atoms with van der Waals surface area (Å²) in [5, 5.41) is 10.9. The minimum atomic E-state index is -0.768. The lowest BCUT2D eigenvalue weighted by Crippen LogP contribution is -2.49. The maximum atomic E-state index is 14.1. The van der Waals surface area contributed by atoms with E-state index in [2.05, 4.69) is 4.90 Å². The van der Waals surface area contributed by atoms with E-state index in [1.165, 1.54) is 18.9 Å². The highest BCUT2D eigenvalue weighted by molar-refractivity contribution is 5.28. The van der Waals surface area contributed by atoms with E-state index in [0.717, 1.165) is 31.2 Å². The van der Waals surface area contributed by atoms with E-state index >= 15 is 0 Å². The van der Waals surface area contributed by atoms with Crippen molar-refractivity contribution in [3.05, 3.63) is 35.1 Å². The van der Waals surface area contributed by atoms with Crippen LogP contribution in [0.5, 0.6) is 0 Å². The number of nitrogens with zero attached hydrogens (tertiary/aromatic N) is 1. The summed E-state index contributed by atoms with van der Waals surface area (Å²) in [6.07, 6.45) is 5.70. The Morgan fingerprint density at radius 2 is 1.75 bits per heavy atom. The van der Waals surface area contributed by atoms with E-state index in [1.807, 2.05) is 21.0 Å². The zero-order valence-electron chi connectivity index (χ0n) is 12.8. The molecule has 1 fully saturated rings. The van der Waals surface area contributed by atoms with Crippen molar-refractivity contribution in [1.29, 1.82) is 0 Å². The normalized spacial score (nSPS) is 20.7. The first-order valence-corrected chi connectivity index (χ1v) is 7.59. The Hall–Kier alpha value is -0.930. The lowest BCUT2D eigenvalue weighted by atomic mass is 9.79. The summed E-state index contributed by atoms with van der Waals surface area (Å²) >= 11 is 0. The van der Waals surface area contributed by atoms with E-state index in [0.29, 0.717) is 5.56 Å². The van der Waals surface area contributed by atoms with Crippen molar-refractivity contribution in [2.45, 2.75) is 57.1 Å². The molecular weight excluding hydrogens is 253 g/mol. The van der Waals surface area contributed by atoms with Gasteiger partial charge in [0.1, 0.15) is 11.9 Å². The molecule has 1 aromatic carbocycles. The summed E-state index contributed by atoms with van der Waals surface area (Å²) in [5.41, 5.74) is 1.09. The standard InChI is InChI=1S/C17H26FNO/c1-13-8-9-15(18)14(12-13)16(20)17(19(2)3)10-6-4-5-7-11-17/h8-9,12,16,20H,4-7,10-11H2,1-3H3. The Balaban J connectivity index is 2.40. The van der Waals surface area contributed by atoms with Gasteiger partial charge in [0, 0.05) is 5.56 Å². The largest absolute Gasteiger partial charge is 0.386 e. The number of aliphatic hydroxyl groups excluding tert-OH is 1. The summed E-state index contributed by atoms with van der Waals surface area (Å²) < 4.78 is 14.1. The van der Waals surface area contributed by atoms with Crippen molar-refractivity contribution in [2.24, 2.45) is 0 Å². The molecule has 112 valence electrons. The molecule has 0 aromatic heterocycles. The van der Waals surface area contributed by atoms with Gasteiger partial charge in [0.2, 0.25) is 0 Å². The van der Waals surface area contributed by atoms with E-state index in [4.69, 9.17) is 0 Å². The number of rotatable bonds is 3. The molecular formula is C17H26FNO. The molecule has 20 heavy (non-hydrogen) atoms. The lowest BCUT2D eigenvalue weighted by Gasteiger charge is -2.43. The second-order valence-corrected chi connectivity index (χ2v) is 6.34. The zero-order valence-corrected chi connectivity index (χ0v) is 12.8. The van der Waals surface area contributed by atoms with Gasteiger partial charge in [-0.05, 0) is 39.9 Å². The molecule has 1 N–H and O–H groups in total. The van der Waals surface area contributed by atoms with Crippen LogP contribution < -0.4 is 0 Å². The van der Waals surface area contributed by atoms with Gasteiger partial charge in [0.05, 0.1) is 5.54 Å². The van der Waals surface area contributed by atoms with Gasteiger partial charge in [-0.15, -0.1) is 0 Å². The van der Waals surface area contributed by atoms with Crippen LogP contribution in [0.1, 0.15) is 55.8 Å². The fourth-order valence-electron chi connectivity index (χ4n) is 3.47. The molecule has 1 aliphatic rings. The Labute approximate surface area is 121 Å². The third kappa shape index (κ3) is 2.89. The van der Waals surface area contributed by atoms with Crippen molar-refractivity contribution in [1.82, 2.24) is 4.90 Å². The molecule has 3 heteroatoms. The van der Waals surface area contributed by atoms with Crippen molar-refractivity contribution in [2.75, 3.05) is 14.1 Å². The van der Waals surface area contributed by atoms with E-state index in [-0.39, 0.29) is 11.4 Å². The monoisotopic (exact) mass is 279 g/mol. The number of aliphatic hydroxyl groups is 1. The average molecular weight is 279 g/mol. The fraction of sp³-hybridized carbons (Fsp3) is 0.647. The van der Waals surface area contributed by atoms with Gasteiger partial charge in [-0.25, -0.2) is 4.39 Å². The van der Waals surface area contributed by atoms with Gasteiger partial charge < -0.3 is 10.0 Å². The first-order chi connectivity index (χ1) is 9.47. The average Bonchev–Trinajstić information content (AvgIpc) is 2.67. The van der Waals surface area contributed by atoms with E-state index in [1.54, 1.807) is 12.1 Å². The number of aryl methyl sites for hydroxylation is 1. The maximum absolute atomic E-state index is 14.1. The van der Waals surface area contributed by atoms with Crippen molar-refractivity contribution in [3.63, 3.8) is 0 Å². The van der Waals surface area contributed by atoms with Crippen LogP contribution in [0, 0.1) is 12.7 Å². The van der Waals surface area contributed by atoms with Gasteiger partial charge in [0.25, 0.3) is 0 Å². The van der Waals surface area contributed by atoms with Crippen LogP contribution in [-0.2, 0) is 0 Å². The SMILES string of the molecule is Cc1ccc(F)c(C(O)C2(N(C)C)CCCCCC2)c1. The predicted octanol–water partition coefficient (Wildman–Crippen LogP) is 3.82. The molecule has 0 heterocycles. The number of hydrogen-bond donors (Lipinski definition) is 1. The Bertz CT molecular complexity index is 450. The minimum absolute atomic E-state index is 0.298. The Morgan fingerprint density at radius 3 is 2.30 bits per heavy atom. The van der Waals surface area contributed by atoms with E-state index in [9.17, 15) is 9.50 Å². The van der Waals surface area contributed by atoms with Gasteiger partial charge in [0.15, 0.2) is 0 Å². The molecule has 0 saturated heterocycles. The first-order valence-electron chi connectivity index (χ1n) is 7.59. The molecule has 0 bridgehead atoms. The lowest BCUT2D eigenvalue weighted by molar-refractivity contribution is -0.0217. The summed E-state index contributed by atoms with van der Waals surface area (Å²) in [4.78, 5) is 2.10. The highest BCUT2D eigenvalue weighted by atomic mass is 19.1. The number of benzene rings is 1. The van der Waals surface area contributed by atoms with Gasteiger partial charge in [-0.3, -0.25) is 0 Å². The summed E-state index contributed by atoms with van der Waals surface area (Å²) in [5.74, 6) is -0.298. The summed E-state index contributed by atoms with van der Waals surface area (Å²) in [6.45, 7) is 1.94. The molecule has 1 unspecified atom stereocenters. The van der Waals surface area contributed by atoms with Crippen LogP contribution in [0.2, 0.25) is 0 Å². The molecule has 1 aromatic rings. The van der Waals surface area contributed by atoms with Crippen LogP contribution >= 0.6 is 0 Å². The van der Waals surface area contributed by atoms with Gasteiger partial charge in [-0.2, -0.15) is 0 Å². The topological polar surface area (TPSA) is 23.5 Å². The van der Waals surface area contributed by atoms with Gasteiger partial charge in [-0.1, -0.05) is 43.4 Å². The highest BCUT2D eigenvalue weighted by Gasteiger charge is 2.41. The molecule has 1 saturated carbocycles. The fourth-order valence-corrected chi connectivity index (χ4v) is 3.47. The molecule has 0 radical (unpaired) electrons. The molecule has 1 atom stereocenters. The Morgan fingerprint density at radius 1 is 1.15 bits per heavy atom. The van der Waals surface area contributed by atoms with Crippen molar-refractivity contribution >= 4 is 0 Å². The van der Waals surface area contributed by atoms with Crippen LogP contribution in [-0.4, -0.2) is 29.6 Å². The molecule has 0 spiro atoms. The van der Waals surface area contributed by atoms with Crippen LogP contribution in [0.15, 0.2) is 18.2 Å². The minimum Gasteiger partial charge on any atom is -0.386 e.